The topological polar surface area (TPSA) is 15.3 Å². The molecule has 2 nitrogen and oxygen atoms in total. The number of hydrogen-bond acceptors (Lipinski definition) is 2. The van der Waals surface area contributed by atoms with E-state index in [-0.39, 0.29) is 5.82 Å². The minimum atomic E-state index is -0.170. The number of hydrogen-bond donors (Lipinski definition) is 1. The van der Waals surface area contributed by atoms with Crippen LogP contribution in [0.3, 0.4) is 0 Å². The molecule has 100 valence electrons. The van der Waals surface area contributed by atoms with Crippen LogP contribution in [-0.2, 0) is 6.54 Å². The first-order chi connectivity index (χ1) is 8.56. The molecule has 0 amide bonds. The number of rotatable bonds is 2. The van der Waals surface area contributed by atoms with Crippen molar-refractivity contribution in [3.8, 4) is 0 Å². The van der Waals surface area contributed by atoms with Gasteiger partial charge in [0.05, 0.1) is 0 Å². The summed E-state index contributed by atoms with van der Waals surface area (Å²) in [6, 6.07) is 5.67. The Kier molecular flexibility index (Phi) is 4.60. The zero-order valence-corrected chi connectivity index (χ0v) is 11.7. The van der Waals surface area contributed by atoms with E-state index in [0.29, 0.717) is 29.2 Å². The maximum absolute atomic E-state index is 13.7. The molecule has 0 radical (unpaired) electrons. The van der Waals surface area contributed by atoms with Crippen molar-refractivity contribution in [2.45, 2.75) is 38.9 Å². The Morgan fingerprint density at radius 2 is 2.22 bits per heavy atom. The van der Waals surface area contributed by atoms with E-state index in [2.05, 4.69) is 24.1 Å². The molecule has 2 unspecified atom stereocenters. The molecule has 1 heterocycles. The van der Waals surface area contributed by atoms with Crippen molar-refractivity contribution in [3.05, 3.63) is 34.6 Å². The van der Waals surface area contributed by atoms with E-state index in [4.69, 9.17) is 11.6 Å². The van der Waals surface area contributed by atoms with Gasteiger partial charge in [-0.25, -0.2) is 4.39 Å². The first-order valence-corrected chi connectivity index (χ1v) is 6.85. The van der Waals surface area contributed by atoms with Crippen LogP contribution in [0.15, 0.2) is 18.2 Å². The molecule has 18 heavy (non-hydrogen) atoms. The highest BCUT2D eigenvalue weighted by Gasteiger charge is 2.21. The fraction of sp³-hybridized carbons (Fsp3) is 0.571. The van der Waals surface area contributed by atoms with Crippen LogP contribution in [0.4, 0.5) is 4.39 Å². The highest BCUT2D eigenvalue weighted by Crippen LogP contribution is 2.19. The van der Waals surface area contributed by atoms with Gasteiger partial charge in [-0.2, -0.15) is 0 Å². The van der Waals surface area contributed by atoms with E-state index in [0.717, 1.165) is 19.5 Å². The molecule has 1 fully saturated rings. The average Bonchev–Trinajstić information content (AvgIpc) is 2.47. The van der Waals surface area contributed by atoms with Gasteiger partial charge in [-0.3, -0.25) is 4.90 Å². The zero-order valence-electron chi connectivity index (χ0n) is 10.9. The maximum atomic E-state index is 13.7. The normalized spacial score (nSPS) is 26.0. The number of benzene rings is 1. The monoisotopic (exact) mass is 270 g/mol. The molecule has 0 saturated carbocycles. The van der Waals surface area contributed by atoms with Gasteiger partial charge >= 0.3 is 0 Å². The molecule has 1 saturated heterocycles. The summed E-state index contributed by atoms with van der Waals surface area (Å²) >= 11 is 5.93. The Bertz CT molecular complexity index is 411. The van der Waals surface area contributed by atoms with Gasteiger partial charge in [-0.15, -0.1) is 0 Å². The van der Waals surface area contributed by atoms with Gasteiger partial charge in [0.25, 0.3) is 0 Å². The predicted molar refractivity (Wildman–Crippen MR) is 73.4 cm³/mol. The Hall–Kier alpha value is -0.640. The summed E-state index contributed by atoms with van der Waals surface area (Å²) in [5.74, 6) is -0.170. The Labute approximate surface area is 113 Å². The quantitative estimate of drug-likeness (QED) is 0.889. The van der Waals surface area contributed by atoms with Gasteiger partial charge in [-0.1, -0.05) is 11.6 Å². The van der Waals surface area contributed by atoms with Crippen LogP contribution in [0.5, 0.6) is 0 Å². The molecule has 0 bridgehead atoms. The molecular formula is C14H20ClFN2. The summed E-state index contributed by atoms with van der Waals surface area (Å²) in [5.41, 5.74) is 0.684. The van der Waals surface area contributed by atoms with Crippen molar-refractivity contribution >= 4 is 11.6 Å². The average molecular weight is 271 g/mol. The van der Waals surface area contributed by atoms with Crippen molar-refractivity contribution in [3.63, 3.8) is 0 Å². The van der Waals surface area contributed by atoms with Crippen molar-refractivity contribution in [1.82, 2.24) is 10.2 Å². The molecule has 1 aliphatic heterocycles. The van der Waals surface area contributed by atoms with Crippen LogP contribution in [-0.4, -0.2) is 30.1 Å². The standard InChI is InChI=1S/C14H20ClFN2/c1-10-8-18(11(2)5-6-17-10)9-12-7-13(15)3-4-14(12)16/h3-4,7,10-11,17H,5-6,8-9H2,1-2H3. The molecule has 2 rings (SSSR count). The van der Waals surface area contributed by atoms with E-state index in [1.54, 1.807) is 12.1 Å². The Balaban J connectivity index is 2.13. The van der Waals surface area contributed by atoms with Gasteiger partial charge in [0.1, 0.15) is 5.82 Å². The minimum absolute atomic E-state index is 0.170. The Morgan fingerprint density at radius 1 is 1.44 bits per heavy atom. The summed E-state index contributed by atoms with van der Waals surface area (Å²) in [4.78, 5) is 2.32. The highest BCUT2D eigenvalue weighted by molar-refractivity contribution is 6.30. The van der Waals surface area contributed by atoms with E-state index in [1.165, 1.54) is 6.07 Å². The molecule has 4 heteroatoms. The lowest BCUT2D eigenvalue weighted by atomic mass is 10.1. The third-order valence-electron chi connectivity index (χ3n) is 3.57. The molecule has 2 atom stereocenters. The van der Waals surface area contributed by atoms with E-state index in [1.807, 2.05) is 0 Å². The van der Waals surface area contributed by atoms with Gasteiger partial charge in [-0.05, 0) is 45.0 Å². The minimum Gasteiger partial charge on any atom is -0.313 e. The first kappa shape index (κ1) is 13.8. The lowest BCUT2D eigenvalue weighted by Gasteiger charge is -2.28. The summed E-state index contributed by atoms with van der Waals surface area (Å²) in [6.45, 7) is 6.95. The van der Waals surface area contributed by atoms with E-state index >= 15 is 0 Å². The third kappa shape index (κ3) is 3.44. The van der Waals surface area contributed by atoms with Crippen LogP contribution >= 0.6 is 11.6 Å². The highest BCUT2D eigenvalue weighted by atomic mass is 35.5. The smallest absolute Gasteiger partial charge is 0.127 e. The number of nitrogens with one attached hydrogen (secondary N) is 1. The van der Waals surface area contributed by atoms with E-state index < -0.39 is 0 Å². The van der Waals surface area contributed by atoms with Crippen molar-refractivity contribution in [2.75, 3.05) is 13.1 Å². The summed E-state index contributed by atoms with van der Waals surface area (Å²) in [5, 5.41) is 4.05. The van der Waals surface area contributed by atoms with Gasteiger partial charge in [0.15, 0.2) is 0 Å². The summed E-state index contributed by atoms with van der Waals surface area (Å²) in [6.07, 6.45) is 1.09. The number of halogens is 2. The largest absolute Gasteiger partial charge is 0.313 e. The van der Waals surface area contributed by atoms with Crippen LogP contribution in [0, 0.1) is 5.82 Å². The maximum Gasteiger partial charge on any atom is 0.127 e. The van der Waals surface area contributed by atoms with Crippen molar-refractivity contribution in [1.29, 1.82) is 0 Å². The van der Waals surface area contributed by atoms with Crippen LogP contribution in [0.1, 0.15) is 25.8 Å². The molecule has 1 N–H and O–H groups in total. The molecule has 1 aromatic rings. The second kappa shape index (κ2) is 6.00. The zero-order chi connectivity index (χ0) is 13.1. The fourth-order valence-electron chi connectivity index (χ4n) is 2.42. The third-order valence-corrected chi connectivity index (χ3v) is 3.80. The van der Waals surface area contributed by atoms with Crippen LogP contribution in [0.25, 0.3) is 0 Å². The van der Waals surface area contributed by atoms with Crippen molar-refractivity contribution < 1.29 is 4.39 Å². The predicted octanol–water partition coefficient (Wildman–Crippen LogP) is 3.05. The van der Waals surface area contributed by atoms with Gasteiger partial charge in [0, 0.05) is 35.8 Å². The number of nitrogens with zero attached hydrogens (tertiary/aromatic N) is 1. The van der Waals surface area contributed by atoms with Gasteiger partial charge < -0.3 is 5.32 Å². The summed E-state index contributed by atoms with van der Waals surface area (Å²) in [7, 11) is 0. The van der Waals surface area contributed by atoms with Crippen LogP contribution < -0.4 is 5.32 Å². The molecule has 1 aromatic carbocycles. The molecule has 0 aliphatic carbocycles. The fourth-order valence-corrected chi connectivity index (χ4v) is 2.62. The molecule has 1 aliphatic rings. The van der Waals surface area contributed by atoms with Crippen LogP contribution in [0.2, 0.25) is 5.02 Å². The molecule has 0 spiro atoms. The second-order valence-corrected chi connectivity index (χ2v) is 5.59. The lowest BCUT2D eigenvalue weighted by Crippen LogP contribution is -2.38. The molecular weight excluding hydrogens is 251 g/mol. The summed E-state index contributed by atoms with van der Waals surface area (Å²) < 4.78 is 13.7. The van der Waals surface area contributed by atoms with Crippen molar-refractivity contribution in [2.24, 2.45) is 0 Å². The molecule has 0 aromatic heterocycles. The van der Waals surface area contributed by atoms with E-state index in [9.17, 15) is 4.39 Å². The SMILES string of the molecule is CC1CN(Cc2cc(Cl)ccc2F)C(C)CCN1. The van der Waals surface area contributed by atoms with Gasteiger partial charge in [0.2, 0.25) is 0 Å². The Morgan fingerprint density at radius 3 is 3.00 bits per heavy atom. The first-order valence-electron chi connectivity index (χ1n) is 6.47. The second-order valence-electron chi connectivity index (χ2n) is 5.16. The lowest BCUT2D eigenvalue weighted by molar-refractivity contribution is 0.196.